The van der Waals surface area contributed by atoms with Gasteiger partial charge in [0, 0.05) is 6.07 Å². The first-order chi connectivity index (χ1) is 9.13. The molecule has 5 heteroatoms. The third kappa shape index (κ3) is 2.82. The Morgan fingerprint density at radius 1 is 1.42 bits per heavy atom. The molecule has 0 atom stereocenters. The van der Waals surface area contributed by atoms with Gasteiger partial charge in [-0.15, -0.1) is 0 Å². The van der Waals surface area contributed by atoms with Crippen molar-refractivity contribution >= 4 is 11.7 Å². The van der Waals surface area contributed by atoms with Gasteiger partial charge in [-0.1, -0.05) is 6.58 Å². The number of methoxy groups -OCH3 is 1. The molecule has 0 fully saturated rings. The number of amides is 1. The average Bonchev–Trinajstić information content (AvgIpc) is 2.79. The second-order valence-electron chi connectivity index (χ2n) is 3.97. The molecule has 0 aliphatic carbocycles. The SMILES string of the molecule is C=CC(=O)Nc1cc(C)nn1-c1ccc(OC)cc1. The number of anilines is 1. The van der Waals surface area contributed by atoms with Crippen LogP contribution in [0.2, 0.25) is 0 Å². The molecule has 98 valence electrons. The Labute approximate surface area is 111 Å². The van der Waals surface area contributed by atoms with Gasteiger partial charge >= 0.3 is 0 Å². The third-order valence-corrected chi connectivity index (χ3v) is 2.59. The van der Waals surface area contributed by atoms with Crippen LogP contribution in [0.15, 0.2) is 43.0 Å². The quantitative estimate of drug-likeness (QED) is 0.855. The van der Waals surface area contributed by atoms with Crippen molar-refractivity contribution in [3.63, 3.8) is 0 Å². The fraction of sp³-hybridized carbons (Fsp3) is 0.143. The maximum Gasteiger partial charge on any atom is 0.248 e. The molecule has 0 spiro atoms. The van der Waals surface area contributed by atoms with Crippen molar-refractivity contribution in [1.29, 1.82) is 0 Å². The Balaban J connectivity index is 2.37. The van der Waals surface area contributed by atoms with Crippen molar-refractivity contribution in [2.45, 2.75) is 6.92 Å². The second kappa shape index (κ2) is 5.39. The molecule has 0 bridgehead atoms. The van der Waals surface area contributed by atoms with Gasteiger partial charge < -0.3 is 10.1 Å². The molecule has 2 aromatic rings. The first-order valence-electron chi connectivity index (χ1n) is 5.78. The van der Waals surface area contributed by atoms with E-state index >= 15 is 0 Å². The van der Waals surface area contributed by atoms with Crippen LogP contribution in [0.1, 0.15) is 5.69 Å². The van der Waals surface area contributed by atoms with Gasteiger partial charge in [0.15, 0.2) is 0 Å². The number of rotatable bonds is 4. The molecule has 0 aliphatic rings. The number of ether oxygens (including phenoxy) is 1. The van der Waals surface area contributed by atoms with E-state index in [1.807, 2.05) is 31.2 Å². The number of aryl methyl sites for hydroxylation is 1. The Kier molecular flexibility index (Phi) is 3.66. The lowest BCUT2D eigenvalue weighted by Gasteiger charge is -2.08. The maximum absolute atomic E-state index is 11.4. The fourth-order valence-corrected chi connectivity index (χ4v) is 1.69. The molecule has 0 unspecified atom stereocenters. The summed E-state index contributed by atoms with van der Waals surface area (Å²) in [7, 11) is 1.61. The second-order valence-corrected chi connectivity index (χ2v) is 3.97. The highest BCUT2D eigenvalue weighted by Crippen LogP contribution is 2.19. The van der Waals surface area contributed by atoms with Crippen molar-refractivity contribution in [1.82, 2.24) is 9.78 Å². The minimum absolute atomic E-state index is 0.269. The highest BCUT2D eigenvalue weighted by Gasteiger charge is 2.09. The first kappa shape index (κ1) is 12.9. The van der Waals surface area contributed by atoms with Crippen molar-refractivity contribution in [2.75, 3.05) is 12.4 Å². The molecule has 0 saturated heterocycles. The summed E-state index contributed by atoms with van der Waals surface area (Å²) in [5.41, 5.74) is 1.66. The molecule has 2 rings (SSSR count). The Morgan fingerprint density at radius 2 is 2.11 bits per heavy atom. The maximum atomic E-state index is 11.4. The number of aromatic nitrogens is 2. The highest BCUT2D eigenvalue weighted by atomic mass is 16.5. The predicted molar refractivity (Wildman–Crippen MR) is 73.7 cm³/mol. The number of nitrogens with one attached hydrogen (secondary N) is 1. The fourth-order valence-electron chi connectivity index (χ4n) is 1.69. The minimum Gasteiger partial charge on any atom is -0.497 e. The lowest BCUT2D eigenvalue weighted by atomic mass is 10.3. The van der Waals surface area contributed by atoms with Crippen molar-refractivity contribution in [3.8, 4) is 11.4 Å². The largest absolute Gasteiger partial charge is 0.497 e. The van der Waals surface area contributed by atoms with Gasteiger partial charge in [0.25, 0.3) is 0 Å². The van der Waals surface area contributed by atoms with E-state index in [2.05, 4.69) is 17.0 Å². The topological polar surface area (TPSA) is 56.2 Å². The van der Waals surface area contributed by atoms with Gasteiger partial charge in [-0.2, -0.15) is 5.10 Å². The van der Waals surface area contributed by atoms with Gasteiger partial charge in [-0.3, -0.25) is 4.79 Å². The van der Waals surface area contributed by atoms with Crippen LogP contribution in [-0.4, -0.2) is 22.8 Å². The van der Waals surface area contributed by atoms with E-state index in [9.17, 15) is 4.79 Å². The Hall–Kier alpha value is -2.56. The van der Waals surface area contributed by atoms with Crippen LogP contribution in [-0.2, 0) is 4.79 Å². The molecule has 1 amide bonds. The summed E-state index contributed by atoms with van der Waals surface area (Å²) in [6, 6.07) is 9.21. The molecular weight excluding hydrogens is 242 g/mol. The van der Waals surface area contributed by atoms with Crippen LogP contribution in [0.4, 0.5) is 5.82 Å². The third-order valence-electron chi connectivity index (χ3n) is 2.59. The summed E-state index contributed by atoms with van der Waals surface area (Å²) in [5, 5.41) is 7.07. The van der Waals surface area contributed by atoms with Gasteiger partial charge in [-0.05, 0) is 37.3 Å². The number of hydrogen-bond donors (Lipinski definition) is 1. The van der Waals surface area contributed by atoms with Crippen molar-refractivity contribution in [3.05, 3.63) is 48.7 Å². The Bertz CT molecular complexity index is 600. The van der Waals surface area contributed by atoms with Gasteiger partial charge in [-0.25, -0.2) is 4.68 Å². The summed E-state index contributed by atoms with van der Waals surface area (Å²) in [6.45, 7) is 5.30. The van der Waals surface area contributed by atoms with E-state index in [1.165, 1.54) is 6.08 Å². The highest BCUT2D eigenvalue weighted by molar-refractivity contribution is 5.98. The van der Waals surface area contributed by atoms with Crippen molar-refractivity contribution in [2.24, 2.45) is 0 Å². The normalized spacial score (nSPS) is 10.0. The summed E-state index contributed by atoms with van der Waals surface area (Å²) >= 11 is 0. The van der Waals surface area contributed by atoms with Crippen LogP contribution in [0.3, 0.4) is 0 Å². The molecule has 0 radical (unpaired) electrons. The summed E-state index contributed by atoms with van der Waals surface area (Å²) in [6.07, 6.45) is 1.22. The number of benzene rings is 1. The van der Waals surface area contributed by atoms with Gasteiger partial charge in [0.05, 0.1) is 18.5 Å². The number of carbonyl (C=O) groups excluding carboxylic acids is 1. The molecule has 0 saturated carbocycles. The molecule has 1 heterocycles. The van der Waals surface area contributed by atoms with E-state index in [0.717, 1.165) is 17.1 Å². The van der Waals surface area contributed by atoms with E-state index in [0.29, 0.717) is 5.82 Å². The minimum atomic E-state index is -0.269. The number of hydrogen-bond acceptors (Lipinski definition) is 3. The Morgan fingerprint density at radius 3 is 2.68 bits per heavy atom. The van der Waals surface area contributed by atoms with E-state index < -0.39 is 0 Å². The van der Waals surface area contributed by atoms with Crippen molar-refractivity contribution < 1.29 is 9.53 Å². The summed E-state index contributed by atoms with van der Waals surface area (Å²) in [4.78, 5) is 11.4. The summed E-state index contributed by atoms with van der Waals surface area (Å²) in [5.74, 6) is 1.10. The lowest BCUT2D eigenvalue weighted by molar-refractivity contribution is -0.111. The van der Waals surface area contributed by atoms with Crippen LogP contribution in [0.5, 0.6) is 5.75 Å². The molecule has 1 N–H and O–H groups in total. The van der Waals surface area contributed by atoms with Crippen LogP contribution in [0.25, 0.3) is 5.69 Å². The van der Waals surface area contributed by atoms with E-state index in [-0.39, 0.29) is 5.91 Å². The molecule has 19 heavy (non-hydrogen) atoms. The zero-order chi connectivity index (χ0) is 13.8. The van der Waals surface area contributed by atoms with E-state index in [1.54, 1.807) is 17.9 Å². The molecule has 0 aliphatic heterocycles. The zero-order valence-corrected chi connectivity index (χ0v) is 10.9. The zero-order valence-electron chi connectivity index (χ0n) is 10.9. The number of carbonyl (C=O) groups is 1. The monoisotopic (exact) mass is 257 g/mol. The summed E-state index contributed by atoms with van der Waals surface area (Å²) < 4.78 is 6.77. The lowest BCUT2D eigenvalue weighted by Crippen LogP contribution is -2.11. The van der Waals surface area contributed by atoms with Crippen LogP contribution < -0.4 is 10.1 Å². The molecule has 1 aromatic carbocycles. The standard InChI is InChI=1S/C14H15N3O2/c1-4-14(18)15-13-9-10(2)16-17(13)11-5-7-12(19-3)8-6-11/h4-9H,1H2,2-3H3,(H,15,18). The smallest absolute Gasteiger partial charge is 0.248 e. The average molecular weight is 257 g/mol. The van der Waals surface area contributed by atoms with Gasteiger partial charge in [0.1, 0.15) is 11.6 Å². The first-order valence-corrected chi connectivity index (χ1v) is 5.78. The van der Waals surface area contributed by atoms with Gasteiger partial charge in [0.2, 0.25) is 5.91 Å². The van der Waals surface area contributed by atoms with E-state index in [4.69, 9.17) is 4.74 Å². The van der Waals surface area contributed by atoms with Crippen LogP contribution >= 0.6 is 0 Å². The predicted octanol–water partition coefficient (Wildman–Crippen LogP) is 2.31. The number of nitrogens with zero attached hydrogens (tertiary/aromatic N) is 2. The van der Waals surface area contributed by atoms with Crippen LogP contribution in [0, 0.1) is 6.92 Å². The molecule has 1 aromatic heterocycles. The molecule has 5 nitrogen and oxygen atoms in total. The molecular formula is C14H15N3O2.